The molecule has 2 heterocycles. The Labute approximate surface area is 239 Å². The number of carbonyl (C=O) groups excluding carboxylic acids is 3. The van der Waals surface area contributed by atoms with Crippen LogP contribution in [-0.2, 0) is 23.9 Å². The van der Waals surface area contributed by atoms with Gasteiger partial charge in [0.1, 0.15) is 12.1 Å². The molecule has 2 aromatic rings. The standard InChI is InChI=1S/C30H40N4O7/c1-17(2)25(26(36)31-18(3)27(37)34-15-7-8-23(33-34)28(38)39)41-29(40)30(5,6)14-13-20-9-10-21-11-12-22(19(4)35)32-24(21)16-20/h9-14,16-19,23,25,33,35H,7-8,15H2,1-6H3,(H,31,36)(H,38,39). The summed E-state index contributed by atoms with van der Waals surface area (Å²) in [6, 6.07) is 7.48. The first-order valence-corrected chi connectivity index (χ1v) is 13.8. The Bertz CT molecular complexity index is 1320. The van der Waals surface area contributed by atoms with E-state index in [-0.39, 0.29) is 5.92 Å². The van der Waals surface area contributed by atoms with Gasteiger partial charge in [0.25, 0.3) is 11.8 Å². The molecule has 0 radical (unpaired) electrons. The average molecular weight is 569 g/mol. The molecule has 222 valence electrons. The highest BCUT2D eigenvalue weighted by Crippen LogP contribution is 2.25. The quantitative estimate of drug-likeness (QED) is 0.316. The van der Waals surface area contributed by atoms with Crippen molar-refractivity contribution in [1.82, 2.24) is 20.7 Å². The number of rotatable bonds is 10. The Morgan fingerprint density at radius 3 is 2.46 bits per heavy atom. The van der Waals surface area contributed by atoms with Crippen LogP contribution in [0.25, 0.3) is 17.0 Å². The maximum atomic E-state index is 13.2. The zero-order valence-corrected chi connectivity index (χ0v) is 24.4. The lowest BCUT2D eigenvalue weighted by Crippen LogP contribution is -2.60. The van der Waals surface area contributed by atoms with Gasteiger partial charge in [-0.05, 0) is 64.2 Å². The fraction of sp³-hybridized carbons (Fsp3) is 0.500. The van der Waals surface area contributed by atoms with Gasteiger partial charge in [0.15, 0.2) is 6.10 Å². The predicted octanol–water partition coefficient (Wildman–Crippen LogP) is 2.98. The minimum atomic E-state index is -1.14. The second kappa shape index (κ2) is 13.2. The lowest BCUT2D eigenvalue weighted by atomic mass is 9.92. The van der Waals surface area contributed by atoms with Crippen LogP contribution in [0, 0.1) is 11.3 Å². The van der Waals surface area contributed by atoms with E-state index in [9.17, 15) is 29.4 Å². The Balaban J connectivity index is 1.66. The predicted molar refractivity (Wildman–Crippen MR) is 153 cm³/mol. The number of hydrogen-bond acceptors (Lipinski definition) is 8. The van der Waals surface area contributed by atoms with Crippen molar-refractivity contribution in [3.63, 3.8) is 0 Å². The first-order chi connectivity index (χ1) is 19.2. The van der Waals surface area contributed by atoms with Crippen LogP contribution in [0.3, 0.4) is 0 Å². The van der Waals surface area contributed by atoms with Gasteiger partial charge in [0, 0.05) is 11.9 Å². The summed E-state index contributed by atoms with van der Waals surface area (Å²) in [6.07, 6.45) is 2.55. The Morgan fingerprint density at radius 2 is 1.83 bits per heavy atom. The van der Waals surface area contributed by atoms with Gasteiger partial charge in [0.2, 0.25) is 0 Å². The number of esters is 1. The van der Waals surface area contributed by atoms with Crippen molar-refractivity contribution in [3.8, 4) is 0 Å². The van der Waals surface area contributed by atoms with Crippen molar-refractivity contribution in [1.29, 1.82) is 0 Å². The highest BCUT2D eigenvalue weighted by Gasteiger charge is 2.36. The summed E-state index contributed by atoms with van der Waals surface area (Å²) in [6.45, 7) is 10.3. The molecule has 4 atom stereocenters. The number of benzene rings is 1. The van der Waals surface area contributed by atoms with Crippen LogP contribution in [0.15, 0.2) is 36.4 Å². The molecule has 0 spiro atoms. The summed E-state index contributed by atoms with van der Waals surface area (Å²) in [7, 11) is 0. The van der Waals surface area contributed by atoms with Crippen molar-refractivity contribution in [3.05, 3.63) is 47.7 Å². The molecule has 41 heavy (non-hydrogen) atoms. The number of aromatic nitrogens is 1. The summed E-state index contributed by atoms with van der Waals surface area (Å²) in [5, 5.41) is 23.8. The van der Waals surface area contributed by atoms with Crippen molar-refractivity contribution in [2.24, 2.45) is 11.3 Å². The van der Waals surface area contributed by atoms with Crippen LogP contribution < -0.4 is 10.7 Å². The second-order valence-corrected chi connectivity index (χ2v) is 11.4. The molecule has 1 aliphatic rings. The van der Waals surface area contributed by atoms with Gasteiger partial charge in [-0.25, -0.2) is 5.43 Å². The van der Waals surface area contributed by atoms with Crippen molar-refractivity contribution in [2.45, 2.75) is 78.7 Å². The van der Waals surface area contributed by atoms with E-state index in [0.29, 0.717) is 30.6 Å². The molecule has 1 aromatic heterocycles. The summed E-state index contributed by atoms with van der Waals surface area (Å²) in [4.78, 5) is 54.9. The molecule has 3 rings (SSSR count). The largest absolute Gasteiger partial charge is 0.480 e. The van der Waals surface area contributed by atoms with E-state index in [1.807, 2.05) is 24.3 Å². The number of hydrazine groups is 1. The SMILES string of the molecule is CC(NC(=O)C(OC(=O)C(C)(C)C=Cc1ccc2ccc(C(C)O)nc2c1)C(C)C)C(=O)N1CCCC(C(=O)O)N1. The molecule has 11 nitrogen and oxygen atoms in total. The molecule has 1 aromatic carbocycles. The van der Waals surface area contributed by atoms with E-state index in [4.69, 9.17) is 4.74 Å². The fourth-order valence-electron chi connectivity index (χ4n) is 4.33. The topological polar surface area (TPSA) is 158 Å². The number of carboxylic acid groups (broad SMARTS) is 1. The number of carbonyl (C=O) groups is 4. The van der Waals surface area contributed by atoms with Crippen LogP contribution in [0.5, 0.6) is 0 Å². The Morgan fingerprint density at radius 1 is 1.15 bits per heavy atom. The molecule has 2 amide bonds. The minimum absolute atomic E-state index is 0.320. The van der Waals surface area contributed by atoms with Crippen molar-refractivity contribution >= 4 is 40.7 Å². The lowest BCUT2D eigenvalue weighted by molar-refractivity contribution is -0.165. The highest BCUT2D eigenvalue weighted by atomic mass is 16.5. The maximum Gasteiger partial charge on any atom is 0.322 e. The lowest BCUT2D eigenvalue weighted by Gasteiger charge is -2.34. The van der Waals surface area contributed by atoms with Crippen LogP contribution in [0.1, 0.15) is 71.7 Å². The van der Waals surface area contributed by atoms with Crippen LogP contribution in [-0.4, -0.2) is 68.7 Å². The molecular weight excluding hydrogens is 528 g/mol. The van der Waals surface area contributed by atoms with Gasteiger partial charge in [-0.15, -0.1) is 0 Å². The zero-order chi connectivity index (χ0) is 30.5. The molecule has 4 N–H and O–H groups in total. The molecule has 11 heteroatoms. The van der Waals surface area contributed by atoms with E-state index in [1.165, 1.54) is 11.9 Å². The van der Waals surface area contributed by atoms with Crippen LogP contribution in [0.4, 0.5) is 0 Å². The van der Waals surface area contributed by atoms with Crippen molar-refractivity contribution < 1.29 is 34.1 Å². The fourth-order valence-corrected chi connectivity index (χ4v) is 4.33. The number of nitrogens with zero attached hydrogens (tertiary/aromatic N) is 2. The van der Waals surface area contributed by atoms with E-state index in [2.05, 4.69) is 15.7 Å². The molecule has 1 saturated heterocycles. The Hall–Kier alpha value is -3.83. The first-order valence-electron chi connectivity index (χ1n) is 13.8. The maximum absolute atomic E-state index is 13.2. The van der Waals surface area contributed by atoms with Gasteiger partial charge >= 0.3 is 11.9 Å². The molecular formula is C30H40N4O7. The van der Waals surface area contributed by atoms with Gasteiger partial charge < -0.3 is 20.3 Å². The molecule has 0 saturated carbocycles. The number of fused-ring (bicyclic) bond motifs is 1. The summed E-state index contributed by atoms with van der Waals surface area (Å²) >= 11 is 0. The number of nitrogens with one attached hydrogen (secondary N) is 2. The third-order valence-electron chi connectivity index (χ3n) is 6.96. The number of ether oxygens (including phenoxy) is 1. The Kier molecular flexibility index (Phi) is 10.2. The average Bonchev–Trinajstić information content (AvgIpc) is 2.93. The number of aliphatic hydroxyl groups excluding tert-OH is 1. The number of amides is 2. The normalized spacial score (nSPS) is 18.2. The van der Waals surface area contributed by atoms with E-state index >= 15 is 0 Å². The van der Waals surface area contributed by atoms with E-state index < -0.39 is 53.5 Å². The summed E-state index contributed by atoms with van der Waals surface area (Å²) in [5.74, 6) is -3.13. The second-order valence-electron chi connectivity index (χ2n) is 11.4. The van der Waals surface area contributed by atoms with Crippen molar-refractivity contribution in [2.75, 3.05) is 6.54 Å². The van der Waals surface area contributed by atoms with Gasteiger partial charge in [-0.3, -0.25) is 29.2 Å². The van der Waals surface area contributed by atoms with Crippen LogP contribution in [0.2, 0.25) is 0 Å². The molecule has 1 aliphatic heterocycles. The molecule has 1 fully saturated rings. The number of pyridine rings is 1. The van der Waals surface area contributed by atoms with E-state index in [1.54, 1.807) is 52.8 Å². The number of hydrogen-bond donors (Lipinski definition) is 4. The van der Waals surface area contributed by atoms with Gasteiger partial charge in [-0.2, -0.15) is 0 Å². The highest BCUT2D eigenvalue weighted by molar-refractivity contribution is 5.91. The summed E-state index contributed by atoms with van der Waals surface area (Å²) in [5.41, 5.74) is 3.68. The first kappa shape index (κ1) is 31.7. The zero-order valence-electron chi connectivity index (χ0n) is 24.4. The molecule has 0 aliphatic carbocycles. The van der Waals surface area contributed by atoms with E-state index in [0.717, 1.165) is 10.9 Å². The number of aliphatic hydroxyl groups is 1. The van der Waals surface area contributed by atoms with Gasteiger partial charge in [0.05, 0.1) is 22.7 Å². The minimum Gasteiger partial charge on any atom is -0.480 e. The molecule has 4 unspecified atom stereocenters. The third kappa shape index (κ3) is 8.11. The number of carboxylic acids is 1. The molecule has 0 bridgehead atoms. The van der Waals surface area contributed by atoms with Gasteiger partial charge in [-0.1, -0.05) is 44.2 Å². The summed E-state index contributed by atoms with van der Waals surface area (Å²) < 4.78 is 5.65. The third-order valence-corrected chi connectivity index (χ3v) is 6.96. The smallest absolute Gasteiger partial charge is 0.322 e. The number of aliphatic carboxylic acids is 1. The monoisotopic (exact) mass is 568 g/mol. The van der Waals surface area contributed by atoms with Crippen LogP contribution >= 0.6 is 0 Å².